The standard InChI is InChI=1S/C32H40N2O4S/c1-5-6-16-34(32(36)27-20-26(27)25-10-8-7-9-11-25)22-31(35)33(21-30-23(2)15-18-39-30)17-14-24-12-13-28(37-3)29(19-24)38-4/h7-13,15,18-19,26-27H,5-6,14,16-17,20-22H2,1-4H3. The second-order valence-electron chi connectivity index (χ2n) is 10.3. The molecule has 2 unspecified atom stereocenters. The van der Waals surface area contributed by atoms with Gasteiger partial charge in [-0.15, -0.1) is 11.3 Å². The Labute approximate surface area is 236 Å². The fraction of sp³-hybridized carbons (Fsp3) is 0.438. The molecule has 1 aliphatic rings. The number of amides is 2. The van der Waals surface area contributed by atoms with Crippen molar-refractivity contribution in [3.63, 3.8) is 0 Å². The van der Waals surface area contributed by atoms with E-state index in [4.69, 9.17) is 9.47 Å². The average Bonchev–Trinajstić information content (AvgIpc) is 3.67. The maximum Gasteiger partial charge on any atom is 0.242 e. The van der Waals surface area contributed by atoms with Gasteiger partial charge in [-0.2, -0.15) is 0 Å². The molecule has 3 aromatic rings. The van der Waals surface area contributed by atoms with Gasteiger partial charge in [0.1, 0.15) is 0 Å². The summed E-state index contributed by atoms with van der Waals surface area (Å²) in [6.07, 6.45) is 3.40. The van der Waals surface area contributed by atoms with Crippen LogP contribution in [0.2, 0.25) is 0 Å². The van der Waals surface area contributed by atoms with Crippen LogP contribution in [0.15, 0.2) is 60.0 Å². The van der Waals surface area contributed by atoms with E-state index in [-0.39, 0.29) is 30.2 Å². The topological polar surface area (TPSA) is 59.1 Å². The number of nitrogens with zero attached hydrogens (tertiary/aromatic N) is 2. The Hall–Kier alpha value is -3.32. The molecule has 2 aromatic carbocycles. The van der Waals surface area contributed by atoms with Crippen molar-refractivity contribution in [3.8, 4) is 11.5 Å². The van der Waals surface area contributed by atoms with E-state index < -0.39 is 0 Å². The van der Waals surface area contributed by atoms with Crippen molar-refractivity contribution in [2.24, 2.45) is 5.92 Å². The number of thiophene rings is 1. The van der Waals surface area contributed by atoms with Gasteiger partial charge in [-0.25, -0.2) is 0 Å². The van der Waals surface area contributed by atoms with Crippen LogP contribution in [0.4, 0.5) is 0 Å². The lowest BCUT2D eigenvalue weighted by Crippen LogP contribution is -2.44. The van der Waals surface area contributed by atoms with Crippen LogP contribution in [-0.4, -0.2) is 55.5 Å². The molecule has 7 heteroatoms. The number of ether oxygens (including phenoxy) is 2. The molecule has 1 heterocycles. The third-order valence-corrected chi connectivity index (χ3v) is 8.54. The molecule has 208 valence electrons. The van der Waals surface area contributed by atoms with Crippen LogP contribution >= 0.6 is 11.3 Å². The normalized spacial score (nSPS) is 16.0. The second kappa shape index (κ2) is 13.7. The summed E-state index contributed by atoms with van der Waals surface area (Å²) >= 11 is 1.67. The lowest BCUT2D eigenvalue weighted by Gasteiger charge is -2.28. The predicted octanol–water partition coefficient (Wildman–Crippen LogP) is 6.08. The fourth-order valence-electron chi connectivity index (χ4n) is 4.98. The highest BCUT2D eigenvalue weighted by molar-refractivity contribution is 7.10. The van der Waals surface area contributed by atoms with Crippen LogP contribution in [0.1, 0.15) is 53.7 Å². The van der Waals surface area contributed by atoms with Crippen LogP contribution in [0.25, 0.3) is 0 Å². The van der Waals surface area contributed by atoms with E-state index >= 15 is 0 Å². The Morgan fingerprint density at radius 1 is 0.974 bits per heavy atom. The highest BCUT2D eigenvalue weighted by Crippen LogP contribution is 2.48. The summed E-state index contributed by atoms with van der Waals surface area (Å²) in [6, 6.07) is 18.2. The lowest BCUT2D eigenvalue weighted by atomic mass is 10.1. The number of aryl methyl sites for hydroxylation is 1. The summed E-state index contributed by atoms with van der Waals surface area (Å²) in [7, 11) is 3.25. The second-order valence-corrected chi connectivity index (χ2v) is 11.3. The Balaban J connectivity index is 1.47. The molecule has 1 aliphatic carbocycles. The van der Waals surface area contributed by atoms with E-state index in [0.29, 0.717) is 37.6 Å². The van der Waals surface area contributed by atoms with Gasteiger partial charge in [0.2, 0.25) is 11.8 Å². The van der Waals surface area contributed by atoms with E-state index in [9.17, 15) is 9.59 Å². The van der Waals surface area contributed by atoms with Crippen molar-refractivity contribution in [2.45, 2.75) is 52.0 Å². The fourth-order valence-corrected chi connectivity index (χ4v) is 5.90. The molecule has 0 N–H and O–H groups in total. The maximum atomic E-state index is 13.8. The molecule has 0 aliphatic heterocycles. The van der Waals surface area contributed by atoms with Gasteiger partial charge < -0.3 is 19.3 Å². The summed E-state index contributed by atoms with van der Waals surface area (Å²) in [5.74, 6) is 1.69. The van der Waals surface area contributed by atoms with Crippen molar-refractivity contribution >= 4 is 23.2 Å². The first-order chi connectivity index (χ1) is 18.9. The average molecular weight is 549 g/mol. The molecule has 2 atom stereocenters. The number of rotatable bonds is 14. The summed E-state index contributed by atoms with van der Waals surface area (Å²) < 4.78 is 10.8. The van der Waals surface area contributed by atoms with Gasteiger partial charge in [0.15, 0.2) is 11.5 Å². The molecule has 2 amide bonds. The predicted molar refractivity (Wildman–Crippen MR) is 157 cm³/mol. The van der Waals surface area contributed by atoms with Crippen molar-refractivity contribution < 1.29 is 19.1 Å². The number of methoxy groups -OCH3 is 2. The summed E-state index contributed by atoms with van der Waals surface area (Å²) in [5, 5.41) is 2.07. The Morgan fingerprint density at radius 3 is 2.41 bits per heavy atom. The molecule has 0 saturated heterocycles. The van der Waals surface area contributed by atoms with Crippen molar-refractivity contribution in [1.82, 2.24) is 9.80 Å². The van der Waals surface area contributed by atoms with Crippen molar-refractivity contribution in [1.29, 1.82) is 0 Å². The van der Waals surface area contributed by atoms with Crippen LogP contribution in [0.3, 0.4) is 0 Å². The number of carbonyl (C=O) groups is 2. The molecule has 0 spiro atoms. The van der Waals surface area contributed by atoms with E-state index in [0.717, 1.165) is 24.8 Å². The van der Waals surface area contributed by atoms with Gasteiger partial charge in [0.25, 0.3) is 0 Å². The third kappa shape index (κ3) is 7.41. The molecular weight excluding hydrogens is 508 g/mol. The van der Waals surface area contributed by atoms with Crippen molar-refractivity contribution in [2.75, 3.05) is 33.9 Å². The highest BCUT2D eigenvalue weighted by Gasteiger charge is 2.46. The monoisotopic (exact) mass is 548 g/mol. The number of benzene rings is 2. The smallest absolute Gasteiger partial charge is 0.242 e. The molecule has 0 radical (unpaired) electrons. The number of hydrogen-bond acceptors (Lipinski definition) is 5. The first-order valence-electron chi connectivity index (χ1n) is 13.8. The first kappa shape index (κ1) is 28.7. The van der Waals surface area contributed by atoms with Gasteiger partial charge in [0.05, 0.1) is 27.3 Å². The zero-order valence-electron chi connectivity index (χ0n) is 23.5. The molecule has 0 bridgehead atoms. The van der Waals surface area contributed by atoms with Gasteiger partial charge in [0, 0.05) is 23.9 Å². The molecule has 1 saturated carbocycles. The van der Waals surface area contributed by atoms with E-state index in [1.54, 1.807) is 25.6 Å². The van der Waals surface area contributed by atoms with E-state index in [1.165, 1.54) is 16.0 Å². The van der Waals surface area contributed by atoms with Gasteiger partial charge in [-0.05, 0) is 72.4 Å². The molecule has 39 heavy (non-hydrogen) atoms. The molecule has 4 rings (SSSR count). The number of hydrogen-bond donors (Lipinski definition) is 0. The third-order valence-electron chi connectivity index (χ3n) is 7.53. The van der Waals surface area contributed by atoms with Crippen molar-refractivity contribution in [3.05, 3.63) is 81.5 Å². The maximum absolute atomic E-state index is 13.8. The van der Waals surface area contributed by atoms with Crippen LogP contribution < -0.4 is 9.47 Å². The largest absolute Gasteiger partial charge is 0.493 e. The van der Waals surface area contributed by atoms with Gasteiger partial charge >= 0.3 is 0 Å². The molecule has 1 aromatic heterocycles. The molecule has 6 nitrogen and oxygen atoms in total. The zero-order valence-corrected chi connectivity index (χ0v) is 24.3. The Kier molecular flexibility index (Phi) is 10.0. The summed E-state index contributed by atoms with van der Waals surface area (Å²) in [5.41, 5.74) is 3.46. The number of carbonyl (C=O) groups excluding carboxylic acids is 2. The summed E-state index contributed by atoms with van der Waals surface area (Å²) in [6.45, 7) is 6.02. The first-order valence-corrected chi connectivity index (χ1v) is 14.7. The van der Waals surface area contributed by atoms with Gasteiger partial charge in [-0.3, -0.25) is 9.59 Å². The minimum Gasteiger partial charge on any atom is -0.493 e. The quantitative estimate of drug-likeness (QED) is 0.245. The van der Waals surface area contributed by atoms with E-state index in [1.807, 2.05) is 46.2 Å². The van der Waals surface area contributed by atoms with Gasteiger partial charge in [-0.1, -0.05) is 49.7 Å². The summed E-state index contributed by atoms with van der Waals surface area (Å²) in [4.78, 5) is 32.2. The van der Waals surface area contributed by atoms with E-state index in [2.05, 4.69) is 37.4 Å². The zero-order chi connectivity index (χ0) is 27.8. The highest BCUT2D eigenvalue weighted by atomic mass is 32.1. The lowest BCUT2D eigenvalue weighted by molar-refractivity contribution is -0.141. The van der Waals surface area contributed by atoms with Crippen LogP contribution in [-0.2, 0) is 22.6 Å². The number of unbranched alkanes of at least 4 members (excludes halogenated alkanes) is 1. The molecular formula is C32H40N2O4S. The van der Waals surface area contributed by atoms with Crippen LogP contribution in [0, 0.1) is 12.8 Å². The SMILES string of the molecule is CCCCN(CC(=O)N(CCc1ccc(OC)c(OC)c1)Cc1sccc1C)C(=O)C1CC1c1ccccc1. The van der Waals surface area contributed by atoms with Crippen LogP contribution in [0.5, 0.6) is 11.5 Å². The minimum atomic E-state index is -0.0307. The molecule has 1 fully saturated rings. The Bertz CT molecular complexity index is 1240. The minimum absolute atomic E-state index is 0.00959. The Morgan fingerprint density at radius 2 is 1.74 bits per heavy atom.